The Balaban J connectivity index is 1.55. The Kier molecular flexibility index (Phi) is 4.29. The molecule has 1 aliphatic heterocycles. The van der Waals surface area contributed by atoms with Crippen LogP contribution in [0.1, 0.15) is 11.1 Å². The van der Waals surface area contributed by atoms with Gasteiger partial charge in [0.25, 0.3) is 0 Å². The Labute approximate surface area is 146 Å². The normalized spacial score (nSPS) is 18.4. The van der Waals surface area contributed by atoms with Crippen molar-refractivity contribution >= 4 is 5.97 Å². The predicted molar refractivity (Wildman–Crippen MR) is 93.1 cm³/mol. The van der Waals surface area contributed by atoms with E-state index in [9.17, 15) is 9.90 Å². The van der Waals surface area contributed by atoms with E-state index in [0.717, 1.165) is 24.2 Å². The molecule has 1 N–H and O–H groups in total. The van der Waals surface area contributed by atoms with Crippen LogP contribution in [0.5, 0.6) is 0 Å². The molecule has 5 heteroatoms. The first-order chi connectivity index (χ1) is 12.2. The van der Waals surface area contributed by atoms with E-state index in [1.54, 1.807) is 12.1 Å². The number of hydrogen-bond donors (Lipinski definition) is 1. The highest BCUT2D eigenvalue weighted by Crippen LogP contribution is 2.47. The Morgan fingerprint density at radius 1 is 1.04 bits per heavy atom. The lowest BCUT2D eigenvalue weighted by atomic mass is 9.91. The van der Waals surface area contributed by atoms with Crippen LogP contribution >= 0.6 is 0 Å². The van der Waals surface area contributed by atoms with Gasteiger partial charge in [0.1, 0.15) is 6.61 Å². The molecule has 0 spiro atoms. The summed E-state index contributed by atoms with van der Waals surface area (Å²) in [7, 11) is 0. The van der Waals surface area contributed by atoms with E-state index in [4.69, 9.17) is 9.47 Å². The van der Waals surface area contributed by atoms with Crippen molar-refractivity contribution in [2.45, 2.75) is 5.60 Å². The van der Waals surface area contributed by atoms with Crippen LogP contribution < -0.4 is 0 Å². The quantitative estimate of drug-likeness (QED) is 0.861. The van der Waals surface area contributed by atoms with Crippen molar-refractivity contribution in [2.24, 2.45) is 0 Å². The summed E-state index contributed by atoms with van der Waals surface area (Å²) < 4.78 is 10.8. The van der Waals surface area contributed by atoms with Gasteiger partial charge in [-0.25, -0.2) is 4.79 Å². The van der Waals surface area contributed by atoms with Crippen molar-refractivity contribution in [3.05, 3.63) is 59.7 Å². The van der Waals surface area contributed by atoms with E-state index in [0.29, 0.717) is 30.9 Å². The van der Waals surface area contributed by atoms with Gasteiger partial charge in [-0.2, -0.15) is 0 Å². The molecule has 0 unspecified atom stereocenters. The van der Waals surface area contributed by atoms with Crippen LogP contribution in [-0.4, -0.2) is 55.4 Å². The summed E-state index contributed by atoms with van der Waals surface area (Å²) in [4.78, 5) is 15.0. The van der Waals surface area contributed by atoms with Crippen molar-refractivity contribution in [3.63, 3.8) is 0 Å². The summed E-state index contributed by atoms with van der Waals surface area (Å²) >= 11 is 0. The van der Waals surface area contributed by atoms with E-state index in [1.807, 2.05) is 36.4 Å². The van der Waals surface area contributed by atoms with Gasteiger partial charge in [0.05, 0.1) is 13.2 Å². The summed E-state index contributed by atoms with van der Waals surface area (Å²) in [5, 5.41) is 11.3. The third kappa shape index (κ3) is 2.74. The van der Waals surface area contributed by atoms with E-state index in [1.165, 1.54) is 0 Å². The number of hydrogen-bond acceptors (Lipinski definition) is 5. The Morgan fingerprint density at radius 2 is 1.60 bits per heavy atom. The molecule has 0 radical (unpaired) electrons. The second kappa shape index (κ2) is 6.59. The summed E-state index contributed by atoms with van der Waals surface area (Å²) in [6, 6.07) is 14.9. The molecular weight excluding hydrogens is 318 g/mol. The predicted octanol–water partition coefficient (Wildman–Crippen LogP) is 1.78. The van der Waals surface area contributed by atoms with Crippen LogP contribution in [0.15, 0.2) is 48.5 Å². The van der Waals surface area contributed by atoms with Crippen molar-refractivity contribution < 1.29 is 19.4 Å². The number of nitrogens with zero attached hydrogens (tertiary/aromatic N) is 1. The third-order valence-electron chi connectivity index (χ3n) is 4.96. The summed E-state index contributed by atoms with van der Waals surface area (Å²) in [6.07, 6.45) is 0. The van der Waals surface area contributed by atoms with Crippen LogP contribution in [0.4, 0.5) is 0 Å². The van der Waals surface area contributed by atoms with Crippen molar-refractivity contribution in [1.29, 1.82) is 0 Å². The topological polar surface area (TPSA) is 59.0 Å². The Bertz CT molecular complexity index is 737. The minimum Gasteiger partial charge on any atom is -0.462 e. The zero-order valence-electron chi connectivity index (χ0n) is 14.0. The molecule has 1 saturated heterocycles. The number of aliphatic hydroxyl groups is 1. The molecule has 1 aliphatic carbocycles. The number of ether oxygens (including phenoxy) is 2. The van der Waals surface area contributed by atoms with Gasteiger partial charge >= 0.3 is 5.97 Å². The SMILES string of the molecule is O=C(OCCN1CCOCC1)C1(O)c2ccccc2-c2ccccc21. The molecule has 4 rings (SSSR count). The van der Waals surface area contributed by atoms with Gasteiger partial charge in [0.15, 0.2) is 0 Å². The molecule has 0 atom stereocenters. The van der Waals surface area contributed by atoms with Crippen LogP contribution in [0.2, 0.25) is 0 Å². The first kappa shape index (κ1) is 16.3. The van der Waals surface area contributed by atoms with Crippen LogP contribution in [0.25, 0.3) is 11.1 Å². The number of benzene rings is 2. The molecule has 25 heavy (non-hydrogen) atoms. The fourth-order valence-corrected chi connectivity index (χ4v) is 3.63. The zero-order chi connectivity index (χ0) is 17.3. The molecular formula is C20H21NO4. The number of esters is 1. The Hall–Kier alpha value is -2.21. The van der Waals surface area contributed by atoms with Gasteiger partial charge in [-0.3, -0.25) is 4.90 Å². The summed E-state index contributed by atoms with van der Waals surface area (Å²) in [6.45, 7) is 4.00. The van der Waals surface area contributed by atoms with Crippen molar-refractivity contribution in [3.8, 4) is 11.1 Å². The average molecular weight is 339 g/mol. The monoisotopic (exact) mass is 339 g/mol. The molecule has 2 aromatic rings. The maximum absolute atomic E-state index is 12.8. The van der Waals surface area contributed by atoms with E-state index in [2.05, 4.69) is 4.90 Å². The molecule has 1 fully saturated rings. The minimum absolute atomic E-state index is 0.255. The fraction of sp³-hybridized carbons (Fsp3) is 0.350. The largest absolute Gasteiger partial charge is 0.462 e. The molecule has 130 valence electrons. The highest BCUT2D eigenvalue weighted by Gasteiger charge is 2.49. The van der Waals surface area contributed by atoms with Gasteiger partial charge < -0.3 is 14.6 Å². The molecule has 0 amide bonds. The molecule has 2 aliphatic rings. The fourth-order valence-electron chi connectivity index (χ4n) is 3.63. The number of morpholine rings is 1. The lowest BCUT2D eigenvalue weighted by Gasteiger charge is -2.27. The third-order valence-corrected chi connectivity index (χ3v) is 4.96. The van der Waals surface area contributed by atoms with Crippen molar-refractivity contribution in [1.82, 2.24) is 4.90 Å². The molecule has 0 saturated carbocycles. The minimum atomic E-state index is -1.74. The first-order valence-corrected chi connectivity index (χ1v) is 8.60. The maximum Gasteiger partial charge on any atom is 0.347 e. The lowest BCUT2D eigenvalue weighted by molar-refractivity contribution is -0.162. The van der Waals surface area contributed by atoms with Gasteiger partial charge in [-0.1, -0.05) is 48.5 Å². The van der Waals surface area contributed by atoms with Crippen LogP contribution in [-0.2, 0) is 19.9 Å². The van der Waals surface area contributed by atoms with E-state index < -0.39 is 11.6 Å². The highest BCUT2D eigenvalue weighted by molar-refractivity contribution is 5.96. The van der Waals surface area contributed by atoms with Crippen molar-refractivity contribution in [2.75, 3.05) is 39.5 Å². The van der Waals surface area contributed by atoms with Crippen LogP contribution in [0.3, 0.4) is 0 Å². The molecule has 5 nitrogen and oxygen atoms in total. The van der Waals surface area contributed by atoms with Crippen LogP contribution in [0, 0.1) is 0 Å². The lowest BCUT2D eigenvalue weighted by Crippen LogP contribution is -2.41. The van der Waals surface area contributed by atoms with Gasteiger partial charge in [0, 0.05) is 30.8 Å². The number of carbonyl (C=O) groups excluding carboxylic acids is 1. The highest BCUT2D eigenvalue weighted by atomic mass is 16.6. The van der Waals surface area contributed by atoms with E-state index in [-0.39, 0.29) is 6.61 Å². The van der Waals surface area contributed by atoms with Gasteiger partial charge in [0.2, 0.25) is 5.60 Å². The molecule has 1 heterocycles. The van der Waals surface area contributed by atoms with Gasteiger partial charge in [-0.15, -0.1) is 0 Å². The summed E-state index contributed by atoms with van der Waals surface area (Å²) in [5.41, 5.74) is 1.20. The number of carbonyl (C=O) groups is 1. The first-order valence-electron chi connectivity index (χ1n) is 8.60. The number of fused-ring (bicyclic) bond motifs is 3. The summed E-state index contributed by atoms with van der Waals surface area (Å²) in [5.74, 6) is -0.613. The second-order valence-corrected chi connectivity index (χ2v) is 6.39. The molecule has 0 bridgehead atoms. The van der Waals surface area contributed by atoms with E-state index >= 15 is 0 Å². The number of rotatable bonds is 4. The zero-order valence-corrected chi connectivity index (χ0v) is 14.0. The molecule has 0 aromatic heterocycles. The second-order valence-electron chi connectivity index (χ2n) is 6.39. The Morgan fingerprint density at radius 3 is 2.20 bits per heavy atom. The smallest absolute Gasteiger partial charge is 0.347 e. The molecule has 2 aromatic carbocycles. The van der Waals surface area contributed by atoms with Gasteiger partial charge in [-0.05, 0) is 11.1 Å². The maximum atomic E-state index is 12.8. The average Bonchev–Trinajstić information content (AvgIpc) is 2.93. The standard InChI is InChI=1S/C20H21NO4/c22-19(25-14-11-21-9-12-24-13-10-21)20(23)17-7-3-1-5-15(17)16-6-2-4-8-18(16)20/h1-8,23H,9-14H2.